The van der Waals surface area contributed by atoms with Crippen molar-refractivity contribution >= 4 is 17.0 Å². The molecule has 2 aromatic heterocycles. The zero-order valence-electron chi connectivity index (χ0n) is 13.6. The summed E-state index contributed by atoms with van der Waals surface area (Å²) >= 11 is 0. The van der Waals surface area contributed by atoms with Crippen molar-refractivity contribution in [1.29, 1.82) is 0 Å². The number of carboxylic acids is 1. The molecule has 3 heterocycles. The summed E-state index contributed by atoms with van der Waals surface area (Å²) in [6, 6.07) is 6.39. The number of aryl methyl sites for hydroxylation is 1. The van der Waals surface area contributed by atoms with Crippen LogP contribution in [0.15, 0.2) is 33.9 Å². The number of ether oxygens (including phenoxy) is 2. The normalized spacial score (nSPS) is 13.0. The van der Waals surface area contributed by atoms with E-state index in [1.54, 1.807) is 18.2 Å². The molecule has 0 spiro atoms. The molecule has 9 heteroatoms. The summed E-state index contributed by atoms with van der Waals surface area (Å²) in [5, 5.41) is 9.37. The summed E-state index contributed by atoms with van der Waals surface area (Å²) in [5.74, 6) is -0.184. The van der Waals surface area contributed by atoms with E-state index in [9.17, 15) is 19.5 Å². The third-order valence-corrected chi connectivity index (χ3v) is 4.14. The molecule has 0 unspecified atom stereocenters. The van der Waals surface area contributed by atoms with Crippen molar-refractivity contribution in [3.05, 3.63) is 50.7 Å². The van der Waals surface area contributed by atoms with Crippen LogP contribution >= 0.6 is 0 Å². The average Bonchev–Trinajstić information content (AvgIpc) is 2.64. The molecule has 0 fully saturated rings. The number of aromatic carboxylic acids is 1. The Balaban J connectivity index is 2.02. The lowest BCUT2D eigenvalue weighted by atomic mass is 10.1. The third-order valence-electron chi connectivity index (χ3n) is 4.14. The first-order valence-corrected chi connectivity index (χ1v) is 7.73. The molecule has 0 saturated heterocycles. The van der Waals surface area contributed by atoms with E-state index in [1.165, 1.54) is 13.1 Å². The Morgan fingerprint density at radius 2 is 1.92 bits per heavy atom. The van der Waals surface area contributed by atoms with Gasteiger partial charge in [0.15, 0.2) is 17.1 Å². The van der Waals surface area contributed by atoms with Gasteiger partial charge in [0.1, 0.15) is 13.2 Å². The second kappa shape index (κ2) is 5.73. The number of benzene rings is 1. The zero-order valence-corrected chi connectivity index (χ0v) is 13.6. The Kier molecular flexibility index (Phi) is 3.50. The molecule has 1 aliphatic heterocycles. The fourth-order valence-electron chi connectivity index (χ4n) is 2.86. The number of pyridine rings is 1. The number of rotatable bonds is 2. The fourth-order valence-corrected chi connectivity index (χ4v) is 2.86. The highest BCUT2D eigenvalue weighted by atomic mass is 16.6. The van der Waals surface area contributed by atoms with E-state index < -0.39 is 17.2 Å². The van der Waals surface area contributed by atoms with Crippen molar-refractivity contribution in [1.82, 2.24) is 14.5 Å². The minimum Gasteiger partial charge on any atom is -0.486 e. The molecule has 2 N–H and O–H groups in total. The molecular formula is C17H13N3O6. The fraction of sp³-hybridized carbons (Fsp3) is 0.176. The van der Waals surface area contributed by atoms with Crippen molar-refractivity contribution in [2.75, 3.05) is 13.2 Å². The Morgan fingerprint density at radius 3 is 2.65 bits per heavy atom. The number of nitrogens with zero attached hydrogens (tertiary/aromatic N) is 2. The number of aromatic amines is 1. The maximum atomic E-state index is 12.1. The average molecular weight is 355 g/mol. The van der Waals surface area contributed by atoms with E-state index in [0.717, 1.165) is 4.57 Å². The third kappa shape index (κ3) is 2.41. The Hall–Kier alpha value is -3.62. The van der Waals surface area contributed by atoms with Gasteiger partial charge in [-0.15, -0.1) is 0 Å². The van der Waals surface area contributed by atoms with Crippen LogP contribution < -0.4 is 20.7 Å². The second-order valence-electron chi connectivity index (χ2n) is 5.74. The molecule has 0 amide bonds. The van der Waals surface area contributed by atoms with Gasteiger partial charge in [-0.25, -0.2) is 14.6 Å². The summed E-state index contributed by atoms with van der Waals surface area (Å²) < 4.78 is 12.1. The lowest BCUT2D eigenvalue weighted by Crippen LogP contribution is -2.30. The molecule has 0 aliphatic carbocycles. The van der Waals surface area contributed by atoms with E-state index in [1.807, 2.05) is 0 Å². The van der Waals surface area contributed by atoms with Crippen molar-refractivity contribution in [3.8, 4) is 22.8 Å². The maximum Gasteiger partial charge on any atom is 0.336 e. The molecule has 0 bridgehead atoms. The highest BCUT2D eigenvalue weighted by Gasteiger charge is 2.20. The first kappa shape index (κ1) is 15.9. The van der Waals surface area contributed by atoms with Crippen LogP contribution in [0, 0.1) is 0 Å². The summed E-state index contributed by atoms with van der Waals surface area (Å²) in [6.07, 6.45) is 0. The molecule has 0 saturated carbocycles. The first-order valence-electron chi connectivity index (χ1n) is 7.73. The van der Waals surface area contributed by atoms with Gasteiger partial charge in [-0.2, -0.15) is 0 Å². The largest absolute Gasteiger partial charge is 0.486 e. The zero-order chi connectivity index (χ0) is 18.4. The Labute approximate surface area is 145 Å². The summed E-state index contributed by atoms with van der Waals surface area (Å²) in [6.45, 7) is 0.862. The van der Waals surface area contributed by atoms with Crippen LogP contribution in [0.3, 0.4) is 0 Å². The van der Waals surface area contributed by atoms with Gasteiger partial charge < -0.3 is 14.6 Å². The molecule has 132 valence electrons. The van der Waals surface area contributed by atoms with E-state index in [4.69, 9.17) is 9.47 Å². The number of aromatic nitrogens is 3. The predicted molar refractivity (Wildman–Crippen MR) is 91.0 cm³/mol. The van der Waals surface area contributed by atoms with Crippen molar-refractivity contribution in [3.63, 3.8) is 0 Å². The van der Waals surface area contributed by atoms with Crippen molar-refractivity contribution in [2.24, 2.45) is 7.05 Å². The molecule has 3 aromatic rings. The molecule has 1 aliphatic rings. The maximum absolute atomic E-state index is 12.1. The topological polar surface area (TPSA) is 124 Å². The van der Waals surface area contributed by atoms with Crippen LogP contribution in [-0.4, -0.2) is 38.8 Å². The van der Waals surface area contributed by atoms with Gasteiger partial charge in [-0.1, -0.05) is 0 Å². The van der Waals surface area contributed by atoms with Gasteiger partial charge >= 0.3 is 11.7 Å². The monoisotopic (exact) mass is 355 g/mol. The molecule has 1 aromatic carbocycles. The summed E-state index contributed by atoms with van der Waals surface area (Å²) in [4.78, 5) is 42.1. The quantitative estimate of drug-likeness (QED) is 0.695. The minimum atomic E-state index is -1.29. The van der Waals surface area contributed by atoms with Crippen LogP contribution in [0.4, 0.5) is 0 Å². The van der Waals surface area contributed by atoms with Gasteiger partial charge in [0, 0.05) is 12.6 Å². The number of carboxylic acid groups (broad SMARTS) is 1. The van der Waals surface area contributed by atoms with Gasteiger partial charge in [0.25, 0.3) is 5.56 Å². The van der Waals surface area contributed by atoms with Crippen LogP contribution in [0.2, 0.25) is 0 Å². The van der Waals surface area contributed by atoms with E-state index in [-0.39, 0.29) is 16.6 Å². The van der Waals surface area contributed by atoms with Gasteiger partial charge in [0.2, 0.25) is 0 Å². The second-order valence-corrected chi connectivity index (χ2v) is 5.74. The van der Waals surface area contributed by atoms with E-state index in [0.29, 0.717) is 36.0 Å². The number of H-pyrrole nitrogens is 1. The minimum absolute atomic E-state index is 0.0106. The Morgan fingerprint density at radius 1 is 1.19 bits per heavy atom. The number of hydrogen-bond acceptors (Lipinski definition) is 6. The van der Waals surface area contributed by atoms with Crippen LogP contribution in [-0.2, 0) is 7.05 Å². The molecular weight excluding hydrogens is 342 g/mol. The first-order chi connectivity index (χ1) is 12.5. The lowest BCUT2D eigenvalue weighted by molar-refractivity contribution is 0.0699. The SMILES string of the molecule is Cn1c(=O)[nH]c(=O)c2c(C(=O)O)cc(-c3ccc4c(c3)OCCO4)nc21. The molecule has 0 atom stereocenters. The standard InChI is InChI=1S/C17H13N3O6/c1-20-14-13(15(21)19-17(20)24)9(16(22)23)7-10(18-14)8-2-3-11-12(6-8)26-5-4-25-11/h2-3,6-7H,4-5H2,1H3,(H,22,23)(H,19,21,24). The highest BCUT2D eigenvalue weighted by Crippen LogP contribution is 2.34. The van der Waals surface area contributed by atoms with Crippen molar-refractivity contribution < 1.29 is 19.4 Å². The van der Waals surface area contributed by atoms with Crippen LogP contribution in [0.25, 0.3) is 22.3 Å². The van der Waals surface area contributed by atoms with E-state index in [2.05, 4.69) is 9.97 Å². The van der Waals surface area contributed by atoms with Gasteiger partial charge in [-0.05, 0) is 24.3 Å². The predicted octanol–water partition coefficient (Wildman–Crippen LogP) is 0.758. The van der Waals surface area contributed by atoms with Crippen molar-refractivity contribution in [2.45, 2.75) is 0 Å². The number of hydrogen-bond donors (Lipinski definition) is 2. The lowest BCUT2D eigenvalue weighted by Gasteiger charge is -2.19. The number of fused-ring (bicyclic) bond motifs is 2. The summed E-state index contributed by atoms with van der Waals surface area (Å²) in [7, 11) is 1.41. The number of nitrogens with one attached hydrogen (secondary N) is 1. The number of carbonyl (C=O) groups is 1. The smallest absolute Gasteiger partial charge is 0.336 e. The van der Waals surface area contributed by atoms with Crippen LogP contribution in [0.5, 0.6) is 11.5 Å². The van der Waals surface area contributed by atoms with Gasteiger partial charge in [0.05, 0.1) is 16.6 Å². The summed E-state index contributed by atoms with van der Waals surface area (Å²) in [5.41, 5.74) is -0.841. The molecule has 26 heavy (non-hydrogen) atoms. The van der Waals surface area contributed by atoms with E-state index >= 15 is 0 Å². The highest BCUT2D eigenvalue weighted by molar-refractivity contribution is 6.02. The molecule has 0 radical (unpaired) electrons. The van der Waals surface area contributed by atoms with Crippen LogP contribution in [0.1, 0.15) is 10.4 Å². The Bertz CT molecular complexity index is 1180. The molecule has 4 rings (SSSR count). The van der Waals surface area contributed by atoms with Gasteiger partial charge in [-0.3, -0.25) is 14.3 Å². The molecule has 9 nitrogen and oxygen atoms in total.